The van der Waals surface area contributed by atoms with Crippen molar-refractivity contribution >= 4 is 34.1 Å². The van der Waals surface area contributed by atoms with Gasteiger partial charge in [0.25, 0.3) is 5.91 Å². The SMILES string of the molecule is O=C(NCCNc1ccnc2cc(Cl)ccc12)c1conc1-c1ccccc1. The minimum absolute atomic E-state index is 0.228. The van der Waals surface area contributed by atoms with E-state index >= 15 is 0 Å². The number of anilines is 1. The van der Waals surface area contributed by atoms with Crippen molar-refractivity contribution in [3.63, 3.8) is 0 Å². The van der Waals surface area contributed by atoms with Crippen LogP contribution in [0.2, 0.25) is 5.02 Å². The molecule has 0 saturated carbocycles. The van der Waals surface area contributed by atoms with Crippen molar-refractivity contribution in [1.29, 1.82) is 0 Å². The standard InChI is InChI=1S/C21H17ClN4O2/c22-15-6-7-16-18(8-9-23-19(16)12-15)24-10-11-25-21(27)17-13-28-26-20(17)14-4-2-1-3-5-14/h1-9,12-13H,10-11H2,(H,23,24)(H,25,27). The van der Waals surface area contributed by atoms with Crippen LogP contribution in [0.4, 0.5) is 5.69 Å². The highest BCUT2D eigenvalue weighted by Crippen LogP contribution is 2.24. The van der Waals surface area contributed by atoms with Crippen molar-refractivity contribution < 1.29 is 9.32 Å². The molecule has 2 heterocycles. The summed E-state index contributed by atoms with van der Waals surface area (Å²) in [7, 11) is 0. The summed E-state index contributed by atoms with van der Waals surface area (Å²) in [6.45, 7) is 0.995. The third kappa shape index (κ3) is 3.82. The Hall–Kier alpha value is -3.38. The second-order valence-electron chi connectivity index (χ2n) is 6.15. The first kappa shape index (κ1) is 18.0. The predicted molar refractivity (Wildman–Crippen MR) is 110 cm³/mol. The molecule has 28 heavy (non-hydrogen) atoms. The lowest BCUT2D eigenvalue weighted by Crippen LogP contribution is -2.28. The Balaban J connectivity index is 1.38. The summed E-state index contributed by atoms with van der Waals surface area (Å²) in [4.78, 5) is 16.8. The van der Waals surface area contributed by atoms with E-state index in [1.807, 2.05) is 54.6 Å². The number of carbonyl (C=O) groups excluding carboxylic acids is 1. The van der Waals surface area contributed by atoms with E-state index in [0.717, 1.165) is 22.2 Å². The van der Waals surface area contributed by atoms with Gasteiger partial charge in [-0.3, -0.25) is 9.78 Å². The number of amides is 1. The maximum atomic E-state index is 12.5. The van der Waals surface area contributed by atoms with Crippen LogP contribution in [0.1, 0.15) is 10.4 Å². The Labute approximate surface area is 166 Å². The van der Waals surface area contributed by atoms with Crippen molar-refractivity contribution in [1.82, 2.24) is 15.5 Å². The molecule has 0 radical (unpaired) electrons. The first-order valence-electron chi connectivity index (χ1n) is 8.78. The first-order chi connectivity index (χ1) is 13.7. The minimum Gasteiger partial charge on any atom is -0.383 e. The van der Waals surface area contributed by atoms with Crippen LogP contribution in [-0.4, -0.2) is 29.1 Å². The third-order valence-corrected chi connectivity index (χ3v) is 4.53. The Kier molecular flexibility index (Phi) is 5.21. The number of pyridine rings is 1. The van der Waals surface area contributed by atoms with Crippen LogP contribution in [0, 0.1) is 0 Å². The van der Waals surface area contributed by atoms with E-state index in [1.54, 1.807) is 6.20 Å². The smallest absolute Gasteiger partial charge is 0.256 e. The summed E-state index contributed by atoms with van der Waals surface area (Å²) in [6, 6.07) is 16.9. The number of fused-ring (bicyclic) bond motifs is 1. The highest BCUT2D eigenvalue weighted by atomic mass is 35.5. The Morgan fingerprint density at radius 3 is 2.79 bits per heavy atom. The Morgan fingerprint density at radius 2 is 1.93 bits per heavy atom. The molecule has 0 saturated heterocycles. The summed E-state index contributed by atoms with van der Waals surface area (Å²) in [5.74, 6) is -0.228. The number of hydrogen-bond donors (Lipinski definition) is 2. The molecule has 0 fully saturated rings. The average Bonchev–Trinajstić information content (AvgIpc) is 3.21. The van der Waals surface area contributed by atoms with Crippen molar-refractivity contribution in [2.45, 2.75) is 0 Å². The minimum atomic E-state index is -0.228. The van der Waals surface area contributed by atoms with Crippen LogP contribution in [0.15, 0.2) is 71.6 Å². The summed E-state index contributed by atoms with van der Waals surface area (Å²) < 4.78 is 5.01. The summed E-state index contributed by atoms with van der Waals surface area (Å²) in [5.41, 5.74) is 3.53. The monoisotopic (exact) mass is 392 g/mol. The third-order valence-electron chi connectivity index (χ3n) is 4.29. The lowest BCUT2D eigenvalue weighted by atomic mass is 10.1. The van der Waals surface area contributed by atoms with Crippen LogP contribution < -0.4 is 10.6 Å². The zero-order valence-corrected chi connectivity index (χ0v) is 15.6. The van der Waals surface area contributed by atoms with E-state index in [0.29, 0.717) is 29.4 Å². The van der Waals surface area contributed by atoms with Crippen LogP contribution in [0.3, 0.4) is 0 Å². The van der Waals surface area contributed by atoms with Crippen LogP contribution in [0.25, 0.3) is 22.2 Å². The topological polar surface area (TPSA) is 80.0 Å². The van der Waals surface area contributed by atoms with Crippen molar-refractivity contribution in [2.75, 3.05) is 18.4 Å². The van der Waals surface area contributed by atoms with Gasteiger partial charge in [0.15, 0.2) is 0 Å². The molecule has 0 atom stereocenters. The van der Waals surface area contributed by atoms with Crippen molar-refractivity contribution in [3.8, 4) is 11.3 Å². The van der Waals surface area contributed by atoms with Gasteiger partial charge < -0.3 is 15.2 Å². The van der Waals surface area contributed by atoms with E-state index in [9.17, 15) is 4.79 Å². The predicted octanol–water partition coefficient (Wildman–Crippen LogP) is 4.39. The second kappa shape index (κ2) is 8.10. The van der Waals surface area contributed by atoms with Gasteiger partial charge in [-0.2, -0.15) is 0 Å². The van der Waals surface area contributed by atoms with Crippen molar-refractivity contribution in [3.05, 3.63) is 77.6 Å². The Morgan fingerprint density at radius 1 is 1.07 bits per heavy atom. The maximum absolute atomic E-state index is 12.5. The lowest BCUT2D eigenvalue weighted by molar-refractivity contribution is 0.0955. The van der Waals surface area contributed by atoms with E-state index in [1.165, 1.54) is 6.26 Å². The highest BCUT2D eigenvalue weighted by molar-refractivity contribution is 6.31. The lowest BCUT2D eigenvalue weighted by Gasteiger charge is -2.10. The molecule has 140 valence electrons. The number of carbonyl (C=O) groups is 1. The molecule has 0 bridgehead atoms. The molecule has 4 aromatic rings. The van der Waals surface area contributed by atoms with E-state index < -0.39 is 0 Å². The van der Waals surface area contributed by atoms with Gasteiger partial charge in [-0.15, -0.1) is 0 Å². The van der Waals surface area contributed by atoms with Crippen molar-refractivity contribution in [2.24, 2.45) is 0 Å². The highest BCUT2D eigenvalue weighted by Gasteiger charge is 2.16. The fourth-order valence-electron chi connectivity index (χ4n) is 2.95. The molecule has 0 aliphatic heterocycles. The number of benzene rings is 2. The second-order valence-corrected chi connectivity index (χ2v) is 6.58. The molecule has 0 aliphatic rings. The molecule has 1 amide bonds. The summed E-state index contributed by atoms with van der Waals surface area (Å²) >= 11 is 6.02. The first-order valence-corrected chi connectivity index (χ1v) is 9.16. The number of hydrogen-bond acceptors (Lipinski definition) is 5. The fraction of sp³-hybridized carbons (Fsp3) is 0.0952. The van der Waals surface area contributed by atoms with Gasteiger partial charge in [-0.1, -0.05) is 47.1 Å². The molecule has 2 N–H and O–H groups in total. The normalized spacial score (nSPS) is 10.8. The average molecular weight is 393 g/mol. The van der Waals surface area contributed by atoms with E-state index in [2.05, 4.69) is 20.8 Å². The molecule has 6 nitrogen and oxygen atoms in total. The van der Waals surface area contributed by atoms with Crippen LogP contribution >= 0.6 is 11.6 Å². The van der Waals surface area contributed by atoms with Crippen LogP contribution in [-0.2, 0) is 0 Å². The van der Waals surface area contributed by atoms with E-state index in [-0.39, 0.29) is 5.91 Å². The number of nitrogens with zero attached hydrogens (tertiary/aromatic N) is 2. The number of rotatable bonds is 6. The molecule has 0 unspecified atom stereocenters. The van der Waals surface area contributed by atoms with Gasteiger partial charge in [-0.05, 0) is 24.3 Å². The molecular weight excluding hydrogens is 376 g/mol. The number of halogens is 1. The molecular formula is C21H17ClN4O2. The van der Waals surface area contributed by atoms with Gasteiger partial charge in [0.1, 0.15) is 17.5 Å². The van der Waals surface area contributed by atoms with Gasteiger partial charge in [0.2, 0.25) is 0 Å². The Bertz CT molecular complexity index is 1110. The number of aromatic nitrogens is 2. The molecule has 0 spiro atoms. The molecule has 2 aromatic heterocycles. The molecule has 2 aromatic carbocycles. The fourth-order valence-corrected chi connectivity index (χ4v) is 3.11. The van der Waals surface area contributed by atoms with E-state index in [4.69, 9.17) is 16.1 Å². The molecule has 4 rings (SSSR count). The zero-order chi connectivity index (χ0) is 19.3. The molecule has 7 heteroatoms. The zero-order valence-electron chi connectivity index (χ0n) is 14.9. The summed E-state index contributed by atoms with van der Waals surface area (Å²) in [5, 5.41) is 11.8. The largest absolute Gasteiger partial charge is 0.383 e. The van der Waals surface area contributed by atoms with Gasteiger partial charge in [0, 0.05) is 40.9 Å². The molecule has 0 aliphatic carbocycles. The van der Waals surface area contributed by atoms with Gasteiger partial charge in [-0.25, -0.2) is 0 Å². The maximum Gasteiger partial charge on any atom is 0.256 e. The number of nitrogens with one attached hydrogen (secondary N) is 2. The summed E-state index contributed by atoms with van der Waals surface area (Å²) in [6.07, 6.45) is 3.09. The van der Waals surface area contributed by atoms with Gasteiger partial charge in [0.05, 0.1) is 5.52 Å². The quantitative estimate of drug-likeness (QED) is 0.476. The van der Waals surface area contributed by atoms with Crippen LogP contribution in [0.5, 0.6) is 0 Å². The van der Waals surface area contributed by atoms with Gasteiger partial charge >= 0.3 is 0 Å².